The summed E-state index contributed by atoms with van der Waals surface area (Å²) in [5.74, 6) is 2.23. The molecule has 7 heterocycles. The fourth-order valence-electron chi connectivity index (χ4n) is 9.29. The van der Waals surface area contributed by atoms with Crippen LogP contribution in [0.2, 0.25) is 5.02 Å². The Bertz CT molecular complexity index is 2320. The second kappa shape index (κ2) is 16.6. The Morgan fingerprint density at radius 3 is 2.20 bits per heavy atom. The Morgan fingerprint density at radius 1 is 0.864 bits per heavy atom. The van der Waals surface area contributed by atoms with Crippen LogP contribution in [0, 0.1) is 18.8 Å². The van der Waals surface area contributed by atoms with Crippen molar-refractivity contribution >= 4 is 51.9 Å². The number of pyridine rings is 1. The molecule has 4 fully saturated rings. The third-order valence-electron chi connectivity index (χ3n) is 12.7. The number of amides is 3. The van der Waals surface area contributed by atoms with E-state index in [9.17, 15) is 14.4 Å². The Balaban J connectivity index is 0.710. The standard InChI is InChI=1S/C44H51ClN10O4/c1-28-36(27-51(2)50-28)41-48-39-40(37(45)25-46-42(39)49-41)59-34-9-7-33(8-10-34)54-21-23-55(24-22-54)44(58)31-15-17-52(18-16-31)26-29-13-19-53(20-14-29)32-5-3-30(4-6-32)35-11-12-38(56)47-43(35)57/h3-10,25,27,29,31,35H,11-24,26H2,1-2H3,(H,46,48,49)(H,47,56,57)/t35-/m1/s1. The first-order chi connectivity index (χ1) is 28.6. The molecule has 14 nitrogen and oxygen atoms in total. The maximum Gasteiger partial charge on any atom is 0.234 e. The highest BCUT2D eigenvalue weighted by Gasteiger charge is 2.32. The molecule has 3 amide bonds. The third kappa shape index (κ3) is 8.38. The number of nitrogens with one attached hydrogen (secondary N) is 2. The van der Waals surface area contributed by atoms with Gasteiger partial charge in [-0.1, -0.05) is 23.7 Å². The molecule has 2 aromatic carbocycles. The normalized spacial score (nSPS) is 20.1. The molecule has 2 N–H and O–H groups in total. The number of carbonyl (C=O) groups is 3. The van der Waals surface area contributed by atoms with Crippen LogP contribution in [0.15, 0.2) is 60.9 Å². The first-order valence-corrected chi connectivity index (χ1v) is 21.3. The minimum absolute atomic E-state index is 0.102. The lowest BCUT2D eigenvalue weighted by Crippen LogP contribution is -2.52. The molecule has 4 aliphatic heterocycles. The number of likely N-dealkylation sites (tertiary alicyclic amines) is 1. The Labute approximate surface area is 348 Å². The van der Waals surface area contributed by atoms with Crippen LogP contribution in [0.4, 0.5) is 11.4 Å². The van der Waals surface area contributed by atoms with Crippen LogP contribution in [0.25, 0.3) is 22.6 Å². The fraction of sp³-hybridized carbons (Fsp3) is 0.455. The van der Waals surface area contributed by atoms with Crippen molar-refractivity contribution in [1.82, 2.24) is 39.8 Å². The van der Waals surface area contributed by atoms with Crippen molar-refractivity contribution in [3.8, 4) is 22.9 Å². The van der Waals surface area contributed by atoms with E-state index in [1.165, 1.54) is 5.69 Å². The molecular weight excluding hydrogens is 768 g/mol. The number of halogens is 1. The molecule has 5 aromatic rings. The number of aromatic nitrogens is 5. The van der Waals surface area contributed by atoms with E-state index in [-0.39, 0.29) is 23.7 Å². The molecule has 0 unspecified atom stereocenters. The van der Waals surface area contributed by atoms with Crippen molar-refractivity contribution in [3.63, 3.8) is 0 Å². The molecule has 308 valence electrons. The molecular formula is C44H51ClN10O4. The second-order valence-corrected chi connectivity index (χ2v) is 16.9. The number of fused-ring (bicyclic) bond motifs is 1. The number of carbonyl (C=O) groups excluding carboxylic acids is 3. The number of H-pyrrole nitrogens is 1. The van der Waals surface area contributed by atoms with E-state index in [4.69, 9.17) is 16.3 Å². The summed E-state index contributed by atoms with van der Waals surface area (Å²) in [4.78, 5) is 59.3. The summed E-state index contributed by atoms with van der Waals surface area (Å²) in [7, 11) is 1.88. The fourth-order valence-corrected chi connectivity index (χ4v) is 9.47. The van der Waals surface area contributed by atoms with Crippen LogP contribution in [0.1, 0.15) is 55.7 Å². The van der Waals surface area contributed by atoms with Gasteiger partial charge < -0.3 is 29.3 Å². The van der Waals surface area contributed by atoms with Crippen molar-refractivity contribution in [2.45, 2.75) is 51.4 Å². The molecule has 0 saturated carbocycles. The maximum atomic E-state index is 13.6. The molecule has 0 aliphatic carbocycles. The summed E-state index contributed by atoms with van der Waals surface area (Å²) in [6, 6.07) is 16.3. The first kappa shape index (κ1) is 39.0. The van der Waals surface area contributed by atoms with Gasteiger partial charge in [-0.2, -0.15) is 5.10 Å². The van der Waals surface area contributed by atoms with Gasteiger partial charge in [-0.15, -0.1) is 0 Å². The van der Waals surface area contributed by atoms with E-state index in [0.717, 1.165) is 107 Å². The summed E-state index contributed by atoms with van der Waals surface area (Å²) >= 11 is 6.58. The van der Waals surface area contributed by atoms with Crippen LogP contribution in [0.3, 0.4) is 0 Å². The molecule has 0 radical (unpaired) electrons. The third-order valence-corrected chi connectivity index (χ3v) is 12.9. The predicted octanol–water partition coefficient (Wildman–Crippen LogP) is 5.91. The second-order valence-electron chi connectivity index (χ2n) is 16.5. The molecule has 1 atom stereocenters. The zero-order valence-electron chi connectivity index (χ0n) is 33.7. The van der Waals surface area contributed by atoms with Gasteiger partial charge in [0.25, 0.3) is 0 Å². The van der Waals surface area contributed by atoms with Gasteiger partial charge in [0, 0.05) is 82.8 Å². The minimum atomic E-state index is -0.247. The van der Waals surface area contributed by atoms with Gasteiger partial charge >= 0.3 is 0 Å². The lowest BCUT2D eigenvalue weighted by atomic mass is 9.90. The van der Waals surface area contributed by atoms with E-state index in [0.29, 0.717) is 58.2 Å². The number of imide groups is 1. The smallest absolute Gasteiger partial charge is 0.234 e. The highest BCUT2D eigenvalue weighted by Crippen LogP contribution is 2.37. The molecule has 15 heteroatoms. The topological polar surface area (TPSA) is 145 Å². The molecule has 59 heavy (non-hydrogen) atoms. The van der Waals surface area contributed by atoms with E-state index in [2.05, 4.69) is 69.2 Å². The van der Waals surface area contributed by atoms with Gasteiger partial charge in [-0.05, 0) is 100.0 Å². The van der Waals surface area contributed by atoms with Gasteiger partial charge in [0.1, 0.15) is 22.1 Å². The van der Waals surface area contributed by atoms with E-state index in [1.54, 1.807) is 10.9 Å². The van der Waals surface area contributed by atoms with Gasteiger partial charge in [0.05, 0.1) is 23.4 Å². The van der Waals surface area contributed by atoms with E-state index in [1.807, 2.05) is 44.4 Å². The Hall–Kier alpha value is -5.47. The number of imidazole rings is 1. The van der Waals surface area contributed by atoms with Crippen LogP contribution in [-0.4, -0.2) is 111 Å². The molecule has 4 saturated heterocycles. The average molecular weight is 819 g/mol. The lowest BCUT2D eigenvalue weighted by Gasteiger charge is -2.40. The summed E-state index contributed by atoms with van der Waals surface area (Å²) in [6.07, 6.45) is 8.59. The first-order valence-electron chi connectivity index (χ1n) is 20.9. The van der Waals surface area contributed by atoms with Gasteiger partial charge in [-0.3, -0.25) is 24.4 Å². The number of piperidine rings is 3. The number of aryl methyl sites for hydroxylation is 2. The highest BCUT2D eigenvalue weighted by molar-refractivity contribution is 6.32. The summed E-state index contributed by atoms with van der Waals surface area (Å²) in [5, 5.41) is 7.28. The van der Waals surface area contributed by atoms with E-state index < -0.39 is 0 Å². The number of hydrogen-bond acceptors (Lipinski definition) is 10. The van der Waals surface area contributed by atoms with Gasteiger partial charge in [0.2, 0.25) is 17.7 Å². The molecule has 4 aliphatic rings. The number of hydrogen-bond donors (Lipinski definition) is 2. The Kier molecular flexibility index (Phi) is 11.0. The minimum Gasteiger partial charge on any atom is -0.453 e. The predicted molar refractivity (Wildman–Crippen MR) is 227 cm³/mol. The monoisotopic (exact) mass is 818 g/mol. The van der Waals surface area contributed by atoms with Crippen molar-refractivity contribution in [3.05, 3.63) is 77.2 Å². The number of piperazine rings is 1. The number of anilines is 2. The van der Waals surface area contributed by atoms with Crippen LogP contribution in [0.5, 0.6) is 11.5 Å². The number of benzene rings is 2. The van der Waals surface area contributed by atoms with Crippen LogP contribution < -0.4 is 19.9 Å². The highest BCUT2D eigenvalue weighted by atomic mass is 35.5. The van der Waals surface area contributed by atoms with E-state index >= 15 is 0 Å². The lowest BCUT2D eigenvalue weighted by molar-refractivity contribution is -0.137. The molecule has 3 aromatic heterocycles. The molecule has 0 spiro atoms. The summed E-state index contributed by atoms with van der Waals surface area (Å²) < 4.78 is 8.06. The van der Waals surface area contributed by atoms with Gasteiger partial charge in [0.15, 0.2) is 11.4 Å². The van der Waals surface area contributed by atoms with Crippen molar-refractivity contribution in [2.24, 2.45) is 18.9 Å². The van der Waals surface area contributed by atoms with Crippen LogP contribution in [-0.2, 0) is 21.4 Å². The summed E-state index contributed by atoms with van der Waals surface area (Å²) in [5.41, 5.74) is 6.14. The average Bonchev–Trinajstić information content (AvgIpc) is 3.84. The van der Waals surface area contributed by atoms with Gasteiger partial charge in [-0.25, -0.2) is 9.97 Å². The maximum absolute atomic E-state index is 13.6. The van der Waals surface area contributed by atoms with Crippen LogP contribution >= 0.6 is 11.6 Å². The molecule has 9 rings (SSSR count). The Morgan fingerprint density at radius 2 is 1.54 bits per heavy atom. The SMILES string of the molecule is Cc1nn(C)cc1-c1nc2ncc(Cl)c(Oc3ccc(N4CCN(C(=O)C5CCN(CC6CCN(c7ccc([C@H]8CCC(=O)NC8=O)cc7)CC6)CC5)CC4)cc3)c2[nH]1. The number of aromatic amines is 1. The largest absolute Gasteiger partial charge is 0.453 e. The zero-order valence-corrected chi connectivity index (χ0v) is 34.5. The number of ether oxygens (including phenoxy) is 1. The van der Waals surface area contributed by atoms with Crippen molar-refractivity contribution in [2.75, 3.05) is 68.7 Å². The quantitative estimate of drug-likeness (QED) is 0.172. The number of nitrogens with zero attached hydrogens (tertiary/aromatic N) is 8. The zero-order chi connectivity index (χ0) is 40.6. The van der Waals surface area contributed by atoms with Crippen molar-refractivity contribution in [1.29, 1.82) is 0 Å². The summed E-state index contributed by atoms with van der Waals surface area (Å²) in [6.45, 7) is 10.1. The van der Waals surface area contributed by atoms with Crippen molar-refractivity contribution < 1.29 is 19.1 Å². The molecule has 0 bridgehead atoms. The number of rotatable bonds is 9.